The summed E-state index contributed by atoms with van der Waals surface area (Å²) in [7, 11) is 0. The molecule has 4 nitrogen and oxygen atoms in total. The van der Waals surface area contributed by atoms with Crippen LogP contribution in [-0.4, -0.2) is 23.9 Å². The molecule has 3 aromatic carbocycles. The van der Waals surface area contributed by atoms with E-state index in [4.69, 9.17) is 14.6 Å². The van der Waals surface area contributed by atoms with Crippen molar-refractivity contribution in [3.05, 3.63) is 82.9 Å². The molecule has 0 spiro atoms. The molecule has 0 aromatic heterocycles. The maximum absolute atomic E-state index is 14.3. The predicted molar refractivity (Wildman–Crippen MR) is 120 cm³/mol. The van der Waals surface area contributed by atoms with Crippen molar-refractivity contribution >= 4 is 5.97 Å². The SMILES string of the molecule is O=C(O)CC1COc2cc(O[C@@H]3CCc4c(-c5ccccc5C(F)(F)C(F)(F)F)cccc43)ccc21. The number of ether oxygens (including phenoxy) is 2. The van der Waals surface area contributed by atoms with Gasteiger partial charge in [-0.05, 0) is 41.2 Å². The first kappa shape index (κ1) is 24.1. The molecule has 188 valence electrons. The average molecular weight is 504 g/mol. The third kappa shape index (κ3) is 4.16. The van der Waals surface area contributed by atoms with E-state index in [2.05, 4.69) is 0 Å². The van der Waals surface area contributed by atoms with Crippen molar-refractivity contribution < 1.29 is 41.3 Å². The third-order valence-electron chi connectivity index (χ3n) is 6.69. The number of fused-ring (bicyclic) bond motifs is 2. The van der Waals surface area contributed by atoms with Crippen molar-refractivity contribution in [3.63, 3.8) is 0 Å². The number of alkyl halides is 5. The minimum atomic E-state index is -5.72. The molecule has 0 saturated carbocycles. The van der Waals surface area contributed by atoms with Crippen molar-refractivity contribution in [1.29, 1.82) is 0 Å². The van der Waals surface area contributed by atoms with Crippen LogP contribution in [0.3, 0.4) is 0 Å². The molecule has 0 saturated heterocycles. The van der Waals surface area contributed by atoms with Crippen molar-refractivity contribution in [2.24, 2.45) is 0 Å². The van der Waals surface area contributed by atoms with Crippen LogP contribution in [0, 0.1) is 0 Å². The molecule has 0 amide bonds. The van der Waals surface area contributed by atoms with Crippen LogP contribution in [0.4, 0.5) is 22.0 Å². The van der Waals surface area contributed by atoms with Crippen LogP contribution in [0.25, 0.3) is 11.1 Å². The molecule has 1 unspecified atom stereocenters. The summed E-state index contributed by atoms with van der Waals surface area (Å²) in [6.07, 6.45) is -5.22. The predicted octanol–water partition coefficient (Wildman–Crippen LogP) is 7.02. The Kier molecular flexibility index (Phi) is 5.89. The molecule has 5 rings (SSSR count). The molecule has 36 heavy (non-hydrogen) atoms. The quantitative estimate of drug-likeness (QED) is 0.367. The zero-order valence-electron chi connectivity index (χ0n) is 18.8. The Morgan fingerprint density at radius 2 is 1.72 bits per heavy atom. The van der Waals surface area contributed by atoms with Gasteiger partial charge in [-0.15, -0.1) is 0 Å². The maximum Gasteiger partial charge on any atom is 0.458 e. The highest BCUT2D eigenvalue weighted by Gasteiger charge is 2.59. The van der Waals surface area contributed by atoms with Gasteiger partial charge in [-0.2, -0.15) is 22.0 Å². The molecule has 3 aromatic rings. The summed E-state index contributed by atoms with van der Waals surface area (Å²) in [5.74, 6) is -5.10. The number of carboxylic acid groups (broad SMARTS) is 1. The lowest BCUT2D eigenvalue weighted by Crippen LogP contribution is -2.34. The van der Waals surface area contributed by atoms with Gasteiger partial charge in [0.15, 0.2) is 0 Å². The Balaban J connectivity index is 1.44. The highest BCUT2D eigenvalue weighted by atomic mass is 19.4. The van der Waals surface area contributed by atoms with Crippen LogP contribution in [-0.2, 0) is 17.1 Å². The lowest BCUT2D eigenvalue weighted by molar-refractivity contribution is -0.289. The van der Waals surface area contributed by atoms with Gasteiger partial charge in [0, 0.05) is 23.1 Å². The largest absolute Gasteiger partial charge is 0.492 e. The van der Waals surface area contributed by atoms with Crippen molar-refractivity contribution in [2.45, 2.75) is 43.4 Å². The fourth-order valence-electron chi connectivity index (χ4n) is 5.01. The molecule has 9 heteroatoms. The zero-order valence-corrected chi connectivity index (χ0v) is 18.8. The van der Waals surface area contributed by atoms with Gasteiger partial charge in [0.05, 0.1) is 13.0 Å². The number of hydrogen-bond acceptors (Lipinski definition) is 3. The summed E-state index contributed by atoms with van der Waals surface area (Å²) < 4.78 is 80.0. The van der Waals surface area contributed by atoms with E-state index in [1.54, 1.807) is 36.4 Å². The third-order valence-corrected chi connectivity index (χ3v) is 6.69. The summed E-state index contributed by atoms with van der Waals surface area (Å²) >= 11 is 0. The van der Waals surface area contributed by atoms with Crippen LogP contribution in [0.15, 0.2) is 60.7 Å². The molecular formula is C27H21F5O4. The maximum atomic E-state index is 14.3. The second-order valence-corrected chi connectivity index (χ2v) is 8.94. The van der Waals surface area contributed by atoms with Gasteiger partial charge in [0.25, 0.3) is 0 Å². The molecule has 1 aliphatic heterocycles. The van der Waals surface area contributed by atoms with E-state index in [0.717, 1.165) is 17.2 Å². The molecule has 1 aliphatic carbocycles. The van der Waals surface area contributed by atoms with E-state index in [1.165, 1.54) is 18.2 Å². The van der Waals surface area contributed by atoms with Crippen LogP contribution in [0.2, 0.25) is 0 Å². The molecule has 1 heterocycles. The van der Waals surface area contributed by atoms with Crippen molar-refractivity contribution in [2.75, 3.05) is 6.61 Å². The Labute approximate surface area is 203 Å². The van der Waals surface area contributed by atoms with Gasteiger partial charge >= 0.3 is 18.1 Å². The molecular weight excluding hydrogens is 483 g/mol. The van der Waals surface area contributed by atoms with E-state index in [1.807, 2.05) is 0 Å². The number of rotatable bonds is 6. The summed E-state index contributed by atoms with van der Waals surface area (Å²) in [4.78, 5) is 11.1. The Hall–Kier alpha value is -3.62. The molecule has 0 radical (unpaired) electrons. The molecule has 2 atom stereocenters. The lowest BCUT2D eigenvalue weighted by Gasteiger charge is -2.23. The minimum Gasteiger partial charge on any atom is -0.492 e. The number of hydrogen-bond donors (Lipinski definition) is 1. The van der Waals surface area contributed by atoms with Crippen molar-refractivity contribution in [3.8, 4) is 22.6 Å². The monoisotopic (exact) mass is 504 g/mol. The first-order chi connectivity index (χ1) is 17.1. The van der Waals surface area contributed by atoms with Gasteiger partial charge in [-0.1, -0.05) is 48.5 Å². The fourth-order valence-corrected chi connectivity index (χ4v) is 5.01. The van der Waals surface area contributed by atoms with Crippen LogP contribution in [0.1, 0.15) is 47.1 Å². The average Bonchev–Trinajstić information content (AvgIpc) is 3.42. The standard InChI is InChI=1S/C27H21F5O4/c28-26(29,27(30,31)32)22-7-2-1-4-20(22)18-5-3-6-21-19(18)10-11-23(21)36-16-8-9-17-15(12-25(33)34)14-35-24(17)13-16/h1-9,13,15,23H,10-12,14H2,(H,33,34)/t15?,23-/m1/s1. The molecule has 0 fully saturated rings. The minimum absolute atomic E-state index is 0.0408. The van der Waals surface area contributed by atoms with Gasteiger partial charge < -0.3 is 14.6 Å². The van der Waals surface area contributed by atoms with Crippen LogP contribution >= 0.6 is 0 Å². The normalized spacial score (nSPS) is 18.9. The summed E-state index contributed by atoms with van der Waals surface area (Å²) in [5.41, 5.74) is 1.28. The smallest absolute Gasteiger partial charge is 0.458 e. The van der Waals surface area contributed by atoms with E-state index >= 15 is 0 Å². The zero-order chi connectivity index (χ0) is 25.7. The Bertz CT molecular complexity index is 1320. The van der Waals surface area contributed by atoms with Crippen LogP contribution < -0.4 is 9.47 Å². The van der Waals surface area contributed by atoms with E-state index < -0.39 is 29.7 Å². The van der Waals surface area contributed by atoms with Gasteiger partial charge in [0.2, 0.25) is 0 Å². The first-order valence-electron chi connectivity index (χ1n) is 11.4. The highest BCUT2D eigenvalue weighted by molar-refractivity contribution is 5.74. The lowest BCUT2D eigenvalue weighted by atomic mass is 9.90. The number of carboxylic acids is 1. The second-order valence-electron chi connectivity index (χ2n) is 8.94. The van der Waals surface area contributed by atoms with E-state index in [0.29, 0.717) is 35.5 Å². The summed E-state index contributed by atoms with van der Waals surface area (Å²) in [6, 6.07) is 14.9. The molecule has 1 N–H and O–H groups in total. The number of carbonyl (C=O) groups is 1. The Morgan fingerprint density at radius 1 is 0.972 bits per heavy atom. The summed E-state index contributed by atoms with van der Waals surface area (Å²) in [5, 5.41) is 9.07. The molecule has 2 aliphatic rings. The van der Waals surface area contributed by atoms with Crippen LogP contribution in [0.5, 0.6) is 11.5 Å². The highest BCUT2D eigenvalue weighted by Crippen LogP contribution is 2.49. The number of benzene rings is 3. The summed E-state index contributed by atoms with van der Waals surface area (Å²) in [6.45, 7) is 0.267. The fraction of sp³-hybridized carbons (Fsp3) is 0.296. The van der Waals surface area contributed by atoms with E-state index in [-0.39, 0.29) is 24.5 Å². The Morgan fingerprint density at radius 3 is 2.47 bits per heavy atom. The number of aliphatic carboxylic acids is 1. The number of halogens is 5. The van der Waals surface area contributed by atoms with Gasteiger partial charge in [-0.3, -0.25) is 4.79 Å². The van der Waals surface area contributed by atoms with Gasteiger partial charge in [-0.25, -0.2) is 0 Å². The van der Waals surface area contributed by atoms with Crippen molar-refractivity contribution in [1.82, 2.24) is 0 Å². The van der Waals surface area contributed by atoms with Gasteiger partial charge in [0.1, 0.15) is 17.6 Å². The molecule has 0 bridgehead atoms. The van der Waals surface area contributed by atoms with E-state index in [9.17, 15) is 26.7 Å². The first-order valence-corrected chi connectivity index (χ1v) is 11.4. The topological polar surface area (TPSA) is 55.8 Å². The second kappa shape index (κ2) is 8.80.